The van der Waals surface area contributed by atoms with Crippen molar-refractivity contribution in [2.75, 3.05) is 12.4 Å². The smallest absolute Gasteiger partial charge is 0.273 e. The highest BCUT2D eigenvalue weighted by atomic mass is 16.6. The van der Waals surface area contributed by atoms with E-state index in [0.29, 0.717) is 11.3 Å². The molecule has 168 valence electrons. The van der Waals surface area contributed by atoms with Crippen LogP contribution in [-0.4, -0.2) is 30.1 Å². The molecule has 0 bridgehead atoms. The van der Waals surface area contributed by atoms with Crippen LogP contribution in [0.25, 0.3) is 0 Å². The summed E-state index contributed by atoms with van der Waals surface area (Å²) in [4.78, 5) is 34.9. The Bertz CT molecular complexity index is 1220. The Morgan fingerprint density at radius 1 is 1.00 bits per heavy atom. The van der Waals surface area contributed by atoms with Crippen molar-refractivity contribution < 1.29 is 24.4 Å². The molecule has 0 aliphatic rings. The molecule has 0 radical (unpaired) electrons. The van der Waals surface area contributed by atoms with Gasteiger partial charge in [-0.05, 0) is 48.9 Å². The van der Waals surface area contributed by atoms with Gasteiger partial charge < -0.3 is 15.2 Å². The molecule has 10 nitrogen and oxygen atoms in total. The van der Waals surface area contributed by atoms with E-state index in [1.807, 2.05) is 19.1 Å². The average Bonchev–Trinajstić information content (AvgIpc) is 2.80. The van der Waals surface area contributed by atoms with Crippen molar-refractivity contribution in [1.82, 2.24) is 5.43 Å². The molecule has 3 aromatic rings. The largest absolute Gasteiger partial charge is 0.870 e. The first-order valence-corrected chi connectivity index (χ1v) is 9.63. The number of carbonyl (C=O) groups excluding carboxylic acids is 2. The Labute approximate surface area is 188 Å². The molecule has 0 heterocycles. The van der Waals surface area contributed by atoms with Gasteiger partial charge in [0.2, 0.25) is 0 Å². The van der Waals surface area contributed by atoms with Crippen LogP contribution < -0.4 is 20.6 Å². The summed E-state index contributed by atoms with van der Waals surface area (Å²) in [6, 6.07) is 15.3. The lowest BCUT2D eigenvalue weighted by molar-refractivity contribution is -0.385. The van der Waals surface area contributed by atoms with Gasteiger partial charge in [0.15, 0.2) is 0 Å². The second-order valence-corrected chi connectivity index (χ2v) is 6.92. The highest BCUT2D eigenvalue weighted by Gasteiger charge is 2.12. The fraction of sp³-hybridized carbons (Fsp3) is 0.0870. The Balaban J connectivity index is 1.65. The minimum absolute atomic E-state index is 0.115. The first-order valence-electron chi connectivity index (χ1n) is 9.63. The van der Waals surface area contributed by atoms with E-state index < -0.39 is 16.6 Å². The molecule has 0 unspecified atom stereocenters. The number of hydrogen-bond donors (Lipinski definition) is 2. The first-order chi connectivity index (χ1) is 15.8. The number of rotatable bonds is 7. The van der Waals surface area contributed by atoms with E-state index in [-0.39, 0.29) is 28.5 Å². The maximum atomic E-state index is 12.3. The third-order valence-electron chi connectivity index (χ3n) is 4.59. The summed E-state index contributed by atoms with van der Waals surface area (Å²) >= 11 is 0. The summed E-state index contributed by atoms with van der Waals surface area (Å²) in [5.74, 6) is -1.67. The molecule has 3 rings (SSSR count). The van der Waals surface area contributed by atoms with E-state index in [9.17, 15) is 24.8 Å². The van der Waals surface area contributed by atoms with Gasteiger partial charge in [-0.2, -0.15) is 5.10 Å². The molecule has 2 amide bonds. The Morgan fingerprint density at radius 3 is 2.21 bits per heavy atom. The van der Waals surface area contributed by atoms with Crippen LogP contribution >= 0.6 is 0 Å². The first kappa shape index (κ1) is 22.9. The highest BCUT2D eigenvalue weighted by Crippen LogP contribution is 2.31. The molecule has 2 N–H and O–H groups in total. The van der Waals surface area contributed by atoms with Crippen LogP contribution in [0.5, 0.6) is 11.5 Å². The maximum Gasteiger partial charge on any atom is 0.273 e. The predicted molar refractivity (Wildman–Crippen MR) is 120 cm³/mol. The zero-order valence-electron chi connectivity index (χ0n) is 17.7. The Kier molecular flexibility index (Phi) is 6.99. The van der Waals surface area contributed by atoms with Crippen LogP contribution in [0.3, 0.4) is 0 Å². The van der Waals surface area contributed by atoms with Gasteiger partial charge in [0.05, 0.1) is 24.3 Å². The van der Waals surface area contributed by atoms with E-state index in [4.69, 9.17) is 4.74 Å². The van der Waals surface area contributed by atoms with E-state index >= 15 is 0 Å². The number of nitro benzene ring substituents is 1. The minimum Gasteiger partial charge on any atom is -0.870 e. The summed E-state index contributed by atoms with van der Waals surface area (Å²) in [5.41, 5.74) is 4.08. The fourth-order valence-corrected chi connectivity index (χ4v) is 2.80. The maximum absolute atomic E-state index is 12.3. The van der Waals surface area contributed by atoms with Crippen LogP contribution in [0.1, 0.15) is 31.8 Å². The van der Waals surface area contributed by atoms with E-state index in [1.165, 1.54) is 19.2 Å². The van der Waals surface area contributed by atoms with Crippen LogP contribution in [0.4, 0.5) is 11.4 Å². The molecule has 33 heavy (non-hydrogen) atoms. The van der Waals surface area contributed by atoms with Gasteiger partial charge in [0, 0.05) is 22.9 Å². The number of ether oxygens (including phenoxy) is 1. The van der Waals surface area contributed by atoms with Crippen molar-refractivity contribution in [2.24, 2.45) is 5.10 Å². The lowest BCUT2D eigenvalue weighted by atomic mass is 10.1. The number of anilines is 1. The normalized spacial score (nSPS) is 10.6. The average molecular weight is 447 g/mol. The molecule has 0 spiro atoms. The number of hydrogen-bond acceptors (Lipinski definition) is 7. The molecule has 10 heteroatoms. The topological polar surface area (TPSA) is 146 Å². The third-order valence-corrected chi connectivity index (χ3v) is 4.59. The van der Waals surface area contributed by atoms with Gasteiger partial charge >= 0.3 is 0 Å². The van der Waals surface area contributed by atoms with Crippen molar-refractivity contribution in [3.05, 3.63) is 93.0 Å². The van der Waals surface area contributed by atoms with Gasteiger partial charge in [-0.1, -0.05) is 23.4 Å². The second-order valence-electron chi connectivity index (χ2n) is 6.92. The number of benzene rings is 3. The fourth-order valence-electron chi connectivity index (χ4n) is 2.80. The Morgan fingerprint density at radius 2 is 1.61 bits per heavy atom. The number of nitrogens with one attached hydrogen (secondary N) is 2. The molecule has 0 aliphatic carbocycles. The lowest BCUT2D eigenvalue weighted by Crippen LogP contribution is -2.18. The quantitative estimate of drug-likeness (QED) is 0.323. The number of non-ortho nitro benzene ring substituents is 1. The summed E-state index contributed by atoms with van der Waals surface area (Å²) in [7, 11) is 1.22. The SMILES string of the molecule is COc1cc([N+](=O)[O-])cc(/C=N\NC(=O)c2ccc(NC(=O)c3ccc(C)cc3)cc2)c1[O-]. The van der Waals surface area contributed by atoms with E-state index in [1.54, 1.807) is 24.3 Å². The third kappa shape index (κ3) is 5.70. The van der Waals surface area contributed by atoms with Crippen molar-refractivity contribution in [3.8, 4) is 11.5 Å². The molecule has 3 aromatic carbocycles. The molecule has 0 aromatic heterocycles. The zero-order valence-corrected chi connectivity index (χ0v) is 17.7. The number of hydrazone groups is 1. The number of amides is 2. The second kappa shape index (κ2) is 10.1. The molecular weight excluding hydrogens is 428 g/mol. The summed E-state index contributed by atoms with van der Waals surface area (Å²) in [5, 5.41) is 29.6. The van der Waals surface area contributed by atoms with Crippen LogP contribution in [0.2, 0.25) is 0 Å². The molecule has 0 fully saturated rings. The summed E-state index contributed by atoms with van der Waals surface area (Å²) in [6.07, 6.45) is 1.01. The predicted octanol–water partition coefficient (Wildman–Crippen LogP) is 3.00. The van der Waals surface area contributed by atoms with Crippen molar-refractivity contribution in [1.29, 1.82) is 0 Å². The van der Waals surface area contributed by atoms with Gasteiger partial charge in [-0.15, -0.1) is 0 Å². The number of methoxy groups -OCH3 is 1. The van der Waals surface area contributed by atoms with Gasteiger partial charge in [-0.3, -0.25) is 19.7 Å². The lowest BCUT2D eigenvalue weighted by Gasteiger charge is -2.14. The molecule has 0 atom stereocenters. The van der Waals surface area contributed by atoms with Gasteiger partial charge in [-0.25, -0.2) is 5.43 Å². The molecule has 0 saturated carbocycles. The zero-order chi connectivity index (χ0) is 24.0. The standard InChI is InChI=1S/C23H20N4O6/c1-14-3-5-15(6-4-14)22(29)25-18-9-7-16(8-10-18)23(30)26-24-13-17-11-19(27(31)32)12-20(33-2)21(17)28/h3-13,28H,1-2H3,(H,25,29)(H,26,30)/p-1/b24-13-. The molecule has 0 saturated heterocycles. The van der Waals surface area contributed by atoms with Crippen molar-refractivity contribution in [2.45, 2.75) is 6.92 Å². The van der Waals surface area contributed by atoms with Crippen molar-refractivity contribution in [3.63, 3.8) is 0 Å². The Hall–Kier alpha value is -4.73. The minimum atomic E-state index is -0.670. The number of nitrogens with zero attached hydrogens (tertiary/aromatic N) is 2. The monoisotopic (exact) mass is 447 g/mol. The number of nitro groups is 1. The van der Waals surface area contributed by atoms with E-state index in [2.05, 4.69) is 15.8 Å². The van der Waals surface area contributed by atoms with Crippen LogP contribution in [0, 0.1) is 17.0 Å². The van der Waals surface area contributed by atoms with Crippen molar-refractivity contribution >= 4 is 29.4 Å². The number of carbonyl (C=O) groups is 2. The molecule has 0 aliphatic heterocycles. The van der Waals surface area contributed by atoms with Crippen LogP contribution in [0.15, 0.2) is 65.8 Å². The highest BCUT2D eigenvalue weighted by molar-refractivity contribution is 6.04. The van der Waals surface area contributed by atoms with Gasteiger partial charge in [0.25, 0.3) is 17.5 Å². The number of aryl methyl sites for hydroxylation is 1. The summed E-state index contributed by atoms with van der Waals surface area (Å²) < 4.78 is 4.85. The van der Waals surface area contributed by atoms with Gasteiger partial charge in [0.1, 0.15) is 5.75 Å². The summed E-state index contributed by atoms with van der Waals surface area (Å²) in [6.45, 7) is 1.93. The van der Waals surface area contributed by atoms with Crippen LogP contribution in [-0.2, 0) is 0 Å². The molecular formula is C23H19N4O6-. The van der Waals surface area contributed by atoms with E-state index in [0.717, 1.165) is 23.9 Å².